The van der Waals surface area contributed by atoms with Gasteiger partial charge in [0.2, 0.25) is 5.91 Å². The van der Waals surface area contributed by atoms with Gasteiger partial charge in [-0.3, -0.25) is 4.79 Å². The van der Waals surface area contributed by atoms with Crippen molar-refractivity contribution >= 4 is 5.91 Å². The van der Waals surface area contributed by atoms with Crippen molar-refractivity contribution in [2.45, 2.75) is 26.7 Å². The molecular formula is C10H22N2O. The Morgan fingerprint density at radius 2 is 1.77 bits per heavy atom. The van der Waals surface area contributed by atoms with Gasteiger partial charge in [0, 0.05) is 26.6 Å². The minimum absolute atomic E-state index is 0.256. The molecule has 0 aliphatic heterocycles. The zero-order valence-corrected chi connectivity index (χ0v) is 9.34. The smallest absolute Gasteiger partial charge is 0.222 e. The third-order valence-corrected chi connectivity index (χ3v) is 2.25. The fraction of sp³-hybridized carbons (Fsp3) is 0.900. The Balaban J connectivity index is 3.60. The van der Waals surface area contributed by atoms with Crippen LogP contribution in [0.2, 0.25) is 0 Å². The van der Waals surface area contributed by atoms with Gasteiger partial charge in [-0.05, 0) is 20.0 Å². The molecular weight excluding hydrogens is 164 g/mol. The summed E-state index contributed by atoms with van der Waals surface area (Å²) in [5.41, 5.74) is 0. The molecule has 3 heteroatoms. The summed E-state index contributed by atoms with van der Waals surface area (Å²) >= 11 is 0. The molecule has 0 aliphatic rings. The van der Waals surface area contributed by atoms with Gasteiger partial charge in [0.25, 0.3) is 0 Å². The van der Waals surface area contributed by atoms with Crippen LogP contribution in [-0.4, -0.2) is 49.4 Å². The van der Waals surface area contributed by atoms with Gasteiger partial charge in [0.1, 0.15) is 0 Å². The quantitative estimate of drug-likeness (QED) is 0.622. The highest BCUT2D eigenvalue weighted by molar-refractivity contribution is 5.75. The Morgan fingerprint density at radius 3 is 2.23 bits per heavy atom. The van der Waals surface area contributed by atoms with E-state index in [9.17, 15) is 4.79 Å². The second-order valence-corrected chi connectivity index (χ2v) is 3.46. The summed E-state index contributed by atoms with van der Waals surface area (Å²) in [6, 6.07) is 0. The molecule has 0 bridgehead atoms. The lowest BCUT2D eigenvalue weighted by molar-refractivity contribution is -0.130. The number of rotatable bonds is 6. The van der Waals surface area contributed by atoms with E-state index in [0.717, 1.165) is 26.1 Å². The van der Waals surface area contributed by atoms with Crippen molar-refractivity contribution in [2.75, 3.05) is 33.7 Å². The Labute approximate surface area is 81.7 Å². The van der Waals surface area contributed by atoms with E-state index in [-0.39, 0.29) is 5.91 Å². The molecule has 1 amide bonds. The van der Waals surface area contributed by atoms with Crippen LogP contribution in [0.25, 0.3) is 0 Å². The Kier molecular flexibility index (Phi) is 6.59. The van der Waals surface area contributed by atoms with Gasteiger partial charge in [-0.1, -0.05) is 13.8 Å². The molecule has 0 aromatic carbocycles. The van der Waals surface area contributed by atoms with E-state index in [4.69, 9.17) is 0 Å². The fourth-order valence-corrected chi connectivity index (χ4v) is 1.01. The summed E-state index contributed by atoms with van der Waals surface area (Å²) in [7, 11) is 3.94. The van der Waals surface area contributed by atoms with Crippen LogP contribution in [0.4, 0.5) is 0 Å². The molecule has 3 nitrogen and oxygen atoms in total. The molecule has 0 aliphatic carbocycles. The Bertz CT molecular complexity index is 148. The predicted molar refractivity (Wildman–Crippen MR) is 55.7 cm³/mol. The number of carbonyl (C=O) groups excluding carboxylic acids is 1. The van der Waals surface area contributed by atoms with Crippen LogP contribution in [-0.2, 0) is 4.79 Å². The first-order valence-electron chi connectivity index (χ1n) is 5.04. The second kappa shape index (κ2) is 6.89. The summed E-state index contributed by atoms with van der Waals surface area (Å²) in [6.45, 7) is 6.99. The lowest BCUT2D eigenvalue weighted by Crippen LogP contribution is -2.34. The van der Waals surface area contributed by atoms with Crippen molar-refractivity contribution in [3.05, 3.63) is 0 Å². The molecule has 0 unspecified atom stereocenters. The number of hydrogen-bond donors (Lipinski definition) is 0. The first-order valence-corrected chi connectivity index (χ1v) is 5.04. The lowest BCUT2D eigenvalue weighted by atomic mass is 10.3. The first-order chi connectivity index (χ1) is 6.11. The van der Waals surface area contributed by atoms with Gasteiger partial charge in [0.05, 0.1) is 0 Å². The second-order valence-electron chi connectivity index (χ2n) is 3.46. The fourth-order valence-electron chi connectivity index (χ4n) is 1.01. The van der Waals surface area contributed by atoms with Crippen molar-refractivity contribution in [2.24, 2.45) is 0 Å². The molecule has 0 saturated carbocycles. The molecule has 0 heterocycles. The van der Waals surface area contributed by atoms with E-state index in [1.807, 2.05) is 18.9 Å². The van der Waals surface area contributed by atoms with E-state index in [1.54, 1.807) is 0 Å². The van der Waals surface area contributed by atoms with Crippen LogP contribution in [0, 0.1) is 0 Å². The summed E-state index contributed by atoms with van der Waals surface area (Å²) in [4.78, 5) is 15.4. The van der Waals surface area contributed by atoms with Gasteiger partial charge in [-0.25, -0.2) is 0 Å². The third-order valence-electron chi connectivity index (χ3n) is 2.25. The predicted octanol–water partition coefficient (Wildman–Crippen LogP) is 1.20. The normalized spacial score (nSPS) is 10.5. The van der Waals surface area contributed by atoms with E-state index in [1.165, 1.54) is 0 Å². The highest BCUT2D eigenvalue weighted by atomic mass is 16.2. The zero-order chi connectivity index (χ0) is 10.3. The standard InChI is InChI=1S/C10H22N2O/c1-5-7-10(13)12(4)9-8-11(3)6-2/h5-9H2,1-4H3. The number of hydrogen-bond acceptors (Lipinski definition) is 2. The monoisotopic (exact) mass is 186 g/mol. The molecule has 0 spiro atoms. The van der Waals surface area contributed by atoms with Gasteiger partial charge in [-0.2, -0.15) is 0 Å². The van der Waals surface area contributed by atoms with Crippen LogP contribution >= 0.6 is 0 Å². The minimum Gasteiger partial charge on any atom is -0.344 e. The third kappa shape index (κ3) is 5.64. The van der Waals surface area contributed by atoms with Crippen molar-refractivity contribution in [1.82, 2.24) is 9.80 Å². The maximum atomic E-state index is 11.4. The van der Waals surface area contributed by atoms with Crippen LogP contribution < -0.4 is 0 Å². The molecule has 0 aromatic heterocycles. The summed E-state index contributed by atoms with van der Waals surface area (Å²) in [6.07, 6.45) is 1.61. The molecule has 0 saturated heterocycles. The molecule has 0 aromatic rings. The SMILES string of the molecule is CCCC(=O)N(C)CCN(C)CC. The number of amides is 1. The van der Waals surface area contributed by atoms with E-state index in [2.05, 4.69) is 18.9 Å². The summed E-state index contributed by atoms with van der Waals surface area (Å²) in [5, 5.41) is 0. The molecule has 0 atom stereocenters. The van der Waals surface area contributed by atoms with E-state index < -0.39 is 0 Å². The van der Waals surface area contributed by atoms with Crippen LogP contribution in [0.5, 0.6) is 0 Å². The molecule has 0 N–H and O–H groups in total. The minimum atomic E-state index is 0.256. The maximum Gasteiger partial charge on any atom is 0.222 e. The molecule has 0 radical (unpaired) electrons. The number of likely N-dealkylation sites (N-methyl/N-ethyl adjacent to an activating group) is 2. The van der Waals surface area contributed by atoms with Crippen molar-refractivity contribution in [1.29, 1.82) is 0 Å². The highest BCUT2D eigenvalue weighted by Gasteiger charge is 2.06. The van der Waals surface area contributed by atoms with Gasteiger partial charge >= 0.3 is 0 Å². The number of carbonyl (C=O) groups is 1. The summed E-state index contributed by atoms with van der Waals surface area (Å²) in [5.74, 6) is 0.256. The summed E-state index contributed by atoms with van der Waals surface area (Å²) < 4.78 is 0. The number of nitrogens with zero attached hydrogens (tertiary/aromatic N) is 2. The van der Waals surface area contributed by atoms with E-state index >= 15 is 0 Å². The van der Waals surface area contributed by atoms with Gasteiger partial charge in [-0.15, -0.1) is 0 Å². The molecule has 0 fully saturated rings. The molecule has 78 valence electrons. The Hall–Kier alpha value is -0.570. The maximum absolute atomic E-state index is 11.4. The average molecular weight is 186 g/mol. The van der Waals surface area contributed by atoms with Gasteiger partial charge in [0.15, 0.2) is 0 Å². The topological polar surface area (TPSA) is 23.6 Å². The van der Waals surface area contributed by atoms with Crippen LogP contribution in [0.3, 0.4) is 0 Å². The molecule has 13 heavy (non-hydrogen) atoms. The Morgan fingerprint density at radius 1 is 1.15 bits per heavy atom. The first kappa shape index (κ1) is 12.4. The van der Waals surface area contributed by atoms with Crippen LogP contribution in [0.15, 0.2) is 0 Å². The average Bonchev–Trinajstić information content (AvgIpc) is 2.13. The van der Waals surface area contributed by atoms with Crippen molar-refractivity contribution in [3.63, 3.8) is 0 Å². The van der Waals surface area contributed by atoms with Crippen molar-refractivity contribution < 1.29 is 4.79 Å². The lowest BCUT2D eigenvalue weighted by Gasteiger charge is -2.20. The van der Waals surface area contributed by atoms with Gasteiger partial charge < -0.3 is 9.80 Å². The highest BCUT2D eigenvalue weighted by Crippen LogP contribution is 1.94. The van der Waals surface area contributed by atoms with E-state index in [0.29, 0.717) is 6.42 Å². The van der Waals surface area contributed by atoms with Crippen molar-refractivity contribution in [3.8, 4) is 0 Å². The zero-order valence-electron chi connectivity index (χ0n) is 9.34. The largest absolute Gasteiger partial charge is 0.344 e. The molecule has 0 rings (SSSR count). The van der Waals surface area contributed by atoms with Crippen LogP contribution in [0.1, 0.15) is 26.7 Å².